The van der Waals surface area contributed by atoms with Gasteiger partial charge < -0.3 is 20.4 Å². The van der Waals surface area contributed by atoms with E-state index in [1.165, 1.54) is 17.0 Å². The average Bonchev–Trinajstić information content (AvgIpc) is 2.75. The molecule has 0 aliphatic carbocycles. The van der Waals surface area contributed by atoms with Crippen LogP contribution >= 0.6 is 0 Å². The van der Waals surface area contributed by atoms with Gasteiger partial charge in [-0.1, -0.05) is 18.2 Å². The lowest BCUT2D eigenvalue weighted by molar-refractivity contribution is -0.914. The maximum absolute atomic E-state index is 13.1. The fourth-order valence-electron chi connectivity index (χ4n) is 3.84. The molecule has 2 aromatic rings. The van der Waals surface area contributed by atoms with Gasteiger partial charge in [0.1, 0.15) is 5.82 Å². The molecule has 1 heterocycles. The summed E-state index contributed by atoms with van der Waals surface area (Å²) in [5.41, 5.74) is 3.78. The maximum Gasteiger partial charge on any atom is 0.278 e. The number of anilines is 2. The Hall–Kier alpha value is -2.93. The number of halogens is 1. The molecule has 1 fully saturated rings. The Morgan fingerprint density at radius 2 is 1.67 bits per heavy atom. The van der Waals surface area contributed by atoms with Crippen molar-refractivity contribution in [2.75, 3.05) is 42.9 Å². The van der Waals surface area contributed by atoms with Gasteiger partial charge in [0.25, 0.3) is 5.91 Å². The first-order valence-corrected chi connectivity index (χ1v) is 10.3. The second-order valence-corrected chi connectivity index (χ2v) is 7.88. The molecule has 0 spiro atoms. The summed E-state index contributed by atoms with van der Waals surface area (Å²) in [6, 6.07) is 12.1. The van der Waals surface area contributed by atoms with Crippen LogP contribution in [0.5, 0.6) is 0 Å². The first-order chi connectivity index (χ1) is 14.3. The SMILES string of the molecule is Cc1cccc(C)c1NC(=O)CNC(=O)[C@@H](C)[NH+]1CCN(c2ccc(F)cc2)CC1. The highest BCUT2D eigenvalue weighted by molar-refractivity contribution is 5.96. The molecule has 160 valence electrons. The van der Waals surface area contributed by atoms with Gasteiger partial charge in [-0.2, -0.15) is 0 Å². The van der Waals surface area contributed by atoms with Gasteiger partial charge in [-0.25, -0.2) is 4.39 Å². The van der Waals surface area contributed by atoms with Gasteiger partial charge in [-0.05, 0) is 56.2 Å². The molecule has 3 rings (SSSR count). The first-order valence-electron chi connectivity index (χ1n) is 10.3. The van der Waals surface area contributed by atoms with Gasteiger partial charge in [0, 0.05) is 11.4 Å². The van der Waals surface area contributed by atoms with Gasteiger partial charge in [-0.3, -0.25) is 9.59 Å². The van der Waals surface area contributed by atoms with Gasteiger partial charge in [0.05, 0.1) is 32.7 Å². The lowest BCUT2D eigenvalue weighted by Gasteiger charge is -2.36. The van der Waals surface area contributed by atoms with Crippen molar-refractivity contribution in [2.45, 2.75) is 26.8 Å². The fourth-order valence-corrected chi connectivity index (χ4v) is 3.84. The van der Waals surface area contributed by atoms with Crippen LogP contribution < -0.4 is 20.4 Å². The van der Waals surface area contributed by atoms with E-state index in [1.54, 1.807) is 12.1 Å². The van der Waals surface area contributed by atoms with E-state index in [0.717, 1.165) is 48.7 Å². The minimum atomic E-state index is -0.242. The number of rotatable bonds is 6. The van der Waals surface area contributed by atoms with Crippen LogP contribution in [-0.2, 0) is 9.59 Å². The largest absolute Gasteiger partial charge is 0.360 e. The topological polar surface area (TPSA) is 65.9 Å². The predicted molar refractivity (Wildman–Crippen MR) is 116 cm³/mol. The van der Waals surface area contributed by atoms with Crippen molar-refractivity contribution < 1.29 is 18.9 Å². The number of hydrogen-bond donors (Lipinski definition) is 3. The molecule has 6 nitrogen and oxygen atoms in total. The Bertz CT molecular complexity index is 872. The van der Waals surface area contributed by atoms with Gasteiger partial charge >= 0.3 is 0 Å². The van der Waals surface area contributed by atoms with Crippen molar-refractivity contribution in [1.29, 1.82) is 0 Å². The third-order valence-corrected chi connectivity index (χ3v) is 5.77. The molecular formula is C23H30FN4O2+. The quantitative estimate of drug-likeness (QED) is 0.669. The standard InChI is InChI=1S/C23H29FN4O2/c1-16-5-4-6-17(2)22(16)26-21(29)15-25-23(30)18(3)27-11-13-28(14-12-27)20-9-7-19(24)8-10-20/h4-10,18H,11-15H2,1-3H3,(H,25,30)(H,26,29)/p+1/t18-/m1/s1. The lowest BCUT2D eigenvalue weighted by atomic mass is 10.1. The van der Waals surface area contributed by atoms with Crippen LogP contribution in [0.2, 0.25) is 0 Å². The van der Waals surface area contributed by atoms with Crippen LogP contribution in [0.3, 0.4) is 0 Å². The molecule has 1 aliphatic rings. The highest BCUT2D eigenvalue weighted by Gasteiger charge is 2.29. The van der Waals surface area contributed by atoms with E-state index in [-0.39, 0.29) is 30.2 Å². The molecule has 0 aromatic heterocycles. The van der Waals surface area contributed by atoms with Crippen LogP contribution in [-0.4, -0.2) is 50.6 Å². The van der Waals surface area contributed by atoms with Crippen molar-refractivity contribution in [3.8, 4) is 0 Å². The number of carbonyl (C=O) groups is 2. The summed E-state index contributed by atoms with van der Waals surface area (Å²) in [5.74, 6) is -0.601. The normalized spacial score (nSPS) is 15.5. The zero-order valence-corrected chi connectivity index (χ0v) is 17.8. The fraction of sp³-hybridized carbons (Fsp3) is 0.391. The summed E-state index contributed by atoms with van der Waals surface area (Å²) >= 11 is 0. The number of carbonyl (C=O) groups excluding carboxylic acids is 2. The van der Waals surface area contributed by atoms with E-state index in [4.69, 9.17) is 0 Å². The molecule has 0 unspecified atom stereocenters. The Balaban J connectivity index is 1.45. The molecule has 0 radical (unpaired) electrons. The molecule has 30 heavy (non-hydrogen) atoms. The van der Waals surface area contributed by atoms with Crippen molar-refractivity contribution in [2.24, 2.45) is 0 Å². The van der Waals surface area contributed by atoms with Crippen molar-refractivity contribution >= 4 is 23.2 Å². The number of aryl methyl sites for hydroxylation is 2. The summed E-state index contributed by atoms with van der Waals surface area (Å²) in [7, 11) is 0. The molecule has 1 atom stereocenters. The van der Waals surface area contributed by atoms with Crippen LogP contribution in [0.25, 0.3) is 0 Å². The average molecular weight is 414 g/mol. The number of hydrogen-bond acceptors (Lipinski definition) is 3. The van der Waals surface area contributed by atoms with Gasteiger partial charge in [0.2, 0.25) is 5.91 Å². The Kier molecular flexibility index (Phi) is 7.05. The monoisotopic (exact) mass is 413 g/mol. The number of nitrogens with zero attached hydrogens (tertiary/aromatic N) is 1. The number of quaternary nitrogens is 1. The maximum atomic E-state index is 13.1. The lowest BCUT2D eigenvalue weighted by Crippen LogP contribution is -3.19. The first kappa shape index (κ1) is 21.8. The number of nitrogens with one attached hydrogen (secondary N) is 3. The molecular weight excluding hydrogens is 383 g/mol. The zero-order valence-electron chi connectivity index (χ0n) is 17.8. The van der Waals surface area contributed by atoms with E-state index in [2.05, 4.69) is 15.5 Å². The highest BCUT2D eigenvalue weighted by Crippen LogP contribution is 2.19. The Morgan fingerprint density at radius 1 is 1.07 bits per heavy atom. The van der Waals surface area contributed by atoms with Gasteiger partial charge in [-0.15, -0.1) is 0 Å². The van der Waals surface area contributed by atoms with E-state index in [1.807, 2.05) is 39.0 Å². The van der Waals surface area contributed by atoms with Crippen molar-refractivity contribution in [3.05, 3.63) is 59.4 Å². The molecule has 7 heteroatoms. The third-order valence-electron chi connectivity index (χ3n) is 5.77. The number of piperazine rings is 1. The Labute approximate surface area is 177 Å². The van der Waals surface area contributed by atoms with Crippen molar-refractivity contribution in [1.82, 2.24) is 5.32 Å². The molecule has 2 amide bonds. The molecule has 1 aliphatic heterocycles. The van der Waals surface area contributed by atoms with Crippen molar-refractivity contribution in [3.63, 3.8) is 0 Å². The van der Waals surface area contributed by atoms with E-state index >= 15 is 0 Å². The summed E-state index contributed by atoms with van der Waals surface area (Å²) in [6.07, 6.45) is 0. The highest BCUT2D eigenvalue weighted by atomic mass is 19.1. The van der Waals surface area contributed by atoms with E-state index in [0.29, 0.717) is 0 Å². The number of amides is 2. The summed E-state index contributed by atoms with van der Waals surface area (Å²) in [4.78, 5) is 28.2. The van der Waals surface area contributed by atoms with Gasteiger partial charge in [0.15, 0.2) is 6.04 Å². The number of benzene rings is 2. The smallest absolute Gasteiger partial charge is 0.278 e. The minimum absolute atomic E-state index is 0.0497. The Morgan fingerprint density at radius 3 is 2.27 bits per heavy atom. The summed E-state index contributed by atoms with van der Waals surface area (Å²) in [6.45, 7) is 8.93. The minimum Gasteiger partial charge on any atom is -0.360 e. The van der Waals surface area contributed by atoms with Crippen LogP contribution in [0.1, 0.15) is 18.1 Å². The van der Waals surface area contributed by atoms with Crippen LogP contribution in [0, 0.1) is 19.7 Å². The van der Waals surface area contributed by atoms with E-state index in [9.17, 15) is 14.0 Å². The molecule has 0 saturated carbocycles. The summed E-state index contributed by atoms with van der Waals surface area (Å²) < 4.78 is 13.1. The molecule has 3 N–H and O–H groups in total. The van der Waals surface area contributed by atoms with Crippen LogP contribution in [0.15, 0.2) is 42.5 Å². The summed E-state index contributed by atoms with van der Waals surface area (Å²) in [5, 5.41) is 5.65. The molecule has 2 aromatic carbocycles. The third kappa shape index (κ3) is 5.36. The predicted octanol–water partition coefficient (Wildman–Crippen LogP) is 1.29. The molecule has 0 bridgehead atoms. The molecule has 1 saturated heterocycles. The number of para-hydroxylation sites is 1. The zero-order chi connectivity index (χ0) is 21.7. The van der Waals surface area contributed by atoms with Crippen LogP contribution in [0.4, 0.5) is 15.8 Å². The van der Waals surface area contributed by atoms with E-state index < -0.39 is 0 Å². The second-order valence-electron chi connectivity index (χ2n) is 7.88. The second kappa shape index (κ2) is 9.71.